The first kappa shape index (κ1) is 17.0. The Morgan fingerprint density at radius 2 is 2.14 bits per heavy atom. The van der Waals surface area contributed by atoms with E-state index in [2.05, 4.69) is 22.9 Å². The monoisotopic (exact) mass is 366 g/mol. The highest BCUT2D eigenvalue weighted by atomic mass is 79.9. The first-order valence-electron chi connectivity index (χ1n) is 7.70. The molecule has 22 heavy (non-hydrogen) atoms. The summed E-state index contributed by atoms with van der Waals surface area (Å²) in [6.07, 6.45) is 2.22. The fraction of sp³-hybridized carbons (Fsp3) is 0.529. The number of aryl methyl sites for hydroxylation is 1. The maximum absolute atomic E-state index is 12.5. The third-order valence-electron chi connectivity index (χ3n) is 4.15. The van der Waals surface area contributed by atoms with Crippen LogP contribution < -0.4 is 4.90 Å². The van der Waals surface area contributed by atoms with Gasteiger partial charge in [-0.15, -0.1) is 0 Å². The van der Waals surface area contributed by atoms with Gasteiger partial charge >= 0.3 is 0 Å². The zero-order valence-corrected chi connectivity index (χ0v) is 15.0. The number of hydrogen-bond acceptors (Lipinski definition) is 2. The fourth-order valence-electron chi connectivity index (χ4n) is 2.79. The summed E-state index contributed by atoms with van der Waals surface area (Å²) in [5.41, 5.74) is 1.85. The summed E-state index contributed by atoms with van der Waals surface area (Å²) in [5.74, 6) is 0.449. The Morgan fingerprint density at radius 1 is 1.41 bits per heavy atom. The van der Waals surface area contributed by atoms with Crippen molar-refractivity contribution >= 4 is 33.4 Å². The Balaban J connectivity index is 2.13. The number of piperidine rings is 1. The SMILES string of the molecule is CC(=O)N(CC(=O)N1CCCC(C)C1)c1ccc(C)c(Br)c1. The molecular formula is C17H23BrN2O2. The van der Waals surface area contributed by atoms with Crippen LogP contribution in [0.25, 0.3) is 0 Å². The lowest BCUT2D eigenvalue weighted by Crippen LogP contribution is -2.46. The Labute approximate surface area is 140 Å². The number of hydrogen-bond donors (Lipinski definition) is 0. The molecule has 2 rings (SSSR count). The molecule has 0 saturated carbocycles. The van der Waals surface area contributed by atoms with Crippen LogP contribution in [0.1, 0.15) is 32.3 Å². The molecule has 2 amide bonds. The molecule has 0 spiro atoms. The molecule has 0 N–H and O–H groups in total. The normalized spacial score (nSPS) is 18.2. The predicted octanol–water partition coefficient (Wildman–Crippen LogP) is 3.37. The summed E-state index contributed by atoms with van der Waals surface area (Å²) in [6, 6.07) is 5.72. The molecular weight excluding hydrogens is 344 g/mol. The predicted molar refractivity (Wildman–Crippen MR) is 91.9 cm³/mol. The van der Waals surface area contributed by atoms with Crippen molar-refractivity contribution in [2.75, 3.05) is 24.5 Å². The number of benzene rings is 1. The average molecular weight is 367 g/mol. The van der Waals surface area contributed by atoms with Crippen molar-refractivity contribution in [1.29, 1.82) is 0 Å². The minimum Gasteiger partial charge on any atom is -0.341 e. The quantitative estimate of drug-likeness (QED) is 0.822. The first-order valence-corrected chi connectivity index (χ1v) is 8.50. The van der Waals surface area contributed by atoms with Gasteiger partial charge in [0, 0.05) is 30.2 Å². The third-order valence-corrected chi connectivity index (χ3v) is 5.00. The van der Waals surface area contributed by atoms with Crippen molar-refractivity contribution in [1.82, 2.24) is 4.90 Å². The highest BCUT2D eigenvalue weighted by molar-refractivity contribution is 9.10. The van der Waals surface area contributed by atoms with Crippen molar-refractivity contribution in [3.63, 3.8) is 0 Å². The number of carbonyl (C=O) groups excluding carboxylic acids is 2. The molecule has 1 aromatic rings. The maximum atomic E-state index is 12.5. The molecule has 0 bridgehead atoms. The molecule has 0 radical (unpaired) electrons. The van der Waals surface area contributed by atoms with Crippen LogP contribution in [0.5, 0.6) is 0 Å². The summed E-state index contributed by atoms with van der Waals surface area (Å²) in [7, 11) is 0. The molecule has 1 fully saturated rings. The standard InChI is InChI=1S/C17H23BrN2O2/c1-12-5-4-8-19(10-12)17(22)11-20(14(3)21)15-7-6-13(2)16(18)9-15/h6-7,9,12H,4-5,8,10-11H2,1-3H3. The number of amides is 2. The molecule has 1 aliphatic rings. The average Bonchev–Trinajstić information content (AvgIpc) is 2.47. The van der Waals surface area contributed by atoms with Gasteiger partial charge in [-0.1, -0.05) is 28.9 Å². The van der Waals surface area contributed by atoms with Crippen LogP contribution >= 0.6 is 15.9 Å². The number of rotatable bonds is 3. The minimum atomic E-state index is -0.117. The molecule has 1 aromatic carbocycles. The van der Waals surface area contributed by atoms with Crippen LogP contribution in [0.4, 0.5) is 5.69 Å². The van der Waals surface area contributed by atoms with Crippen LogP contribution in [0.2, 0.25) is 0 Å². The molecule has 1 saturated heterocycles. The molecule has 4 nitrogen and oxygen atoms in total. The Bertz CT molecular complexity index is 574. The summed E-state index contributed by atoms with van der Waals surface area (Å²) in [4.78, 5) is 27.9. The van der Waals surface area contributed by atoms with Crippen molar-refractivity contribution < 1.29 is 9.59 Å². The van der Waals surface area contributed by atoms with E-state index in [1.165, 1.54) is 13.3 Å². The summed E-state index contributed by atoms with van der Waals surface area (Å²) < 4.78 is 0.940. The van der Waals surface area contributed by atoms with E-state index in [0.717, 1.165) is 35.2 Å². The van der Waals surface area contributed by atoms with Gasteiger partial charge in [-0.05, 0) is 43.4 Å². The number of carbonyl (C=O) groups is 2. The lowest BCUT2D eigenvalue weighted by atomic mass is 10.0. The summed E-state index contributed by atoms with van der Waals surface area (Å²) in [5, 5.41) is 0. The van der Waals surface area contributed by atoms with E-state index >= 15 is 0 Å². The van der Waals surface area contributed by atoms with Gasteiger partial charge < -0.3 is 9.80 Å². The van der Waals surface area contributed by atoms with Crippen molar-refractivity contribution in [3.8, 4) is 0 Å². The van der Waals surface area contributed by atoms with Gasteiger partial charge in [0.15, 0.2) is 0 Å². The van der Waals surface area contributed by atoms with Crippen LogP contribution in [-0.4, -0.2) is 36.3 Å². The van der Waals surface area contributed by atoms with Crippen molar-refractivity contribution in [2.24, 2.45) is 5.92 Å². The summed E-state index contributed by atoms with van der Waals surface area (Å²) in [6.45, 7) is 7.36. The molecule has 1 atom stereocenters. The van der Waals surface area contributed by atoms with E-state index in [0.29, 0.717) is 5.92 Å². The highest BCUT2D eigenvalue weighted by Gasteiger charge is 2.24. The van der Waals surface area contributed by atoms with E-state index in [4.69, 9.17) is 0 Å². The lowest BCUT2D eigenvalue weighted by Gasteiger charge is -2.32. The second-order valence-electron chi connectivity index (χ2n) is 6.13. The number of halogens is 1. The largest absolute Gasteiger partial charge is 0.341 e. The topological polar surface area (TPSA) is 40.6 Å². The van der Waals surface area contributed by atoms with E-state index < -0.39 is 0 Å². The van der Waals surface area contributed by atoms with Crippen LogP contribution in [0.15, 0.2) is 22.7 Å². The molecule has 0 aromatic heterocycles. The van der Waals surface area contributed by atoms with Crippen molar-refractivity contribution in [3.05, 3.63) is 28.2 Å². The van der Waals surface area contributed by atoms with E-state index in [9.17, 15) is 9.59 Å². The van der Waals surface area contributed by atoms with E-state index in [1.807, 2.05) is 30.0 Å². The molecule has 5 heteroatoms. The Morgan fingerprint density at radius 3 is 2.73 bits per heavy atom. The van der Waals surface area contributed by atoms with E-state index in [1.54, 1.807) is 4.90 Å². The van der Waals surface area contributed by atoms with Gasteiger partial charge in [0.25, 0.3) is 0 Å². The smallest absolute Gasteiger partial charge is 0.242 e. The van der Waals surface area contributed by atoms with Gasteiger partial charge in [0.1, 0.15) is 6.54 Å². The third kappa shape index (κ3) is 4.09. The van der Waals surface area contributed by atoms with Gasteiger partial charge in [-0.25, -0.2) is 0 Å². The Hall–Kier alpha value is -1.36. The van der Waals surface area contributed by atoms with Crippen LogP contribution in [0, 0.1) is 12.8 Å². The van der Waals surface area contributed by atoms with Gasteiger partial charge in [0.2, 0.25) is 11.8 Å². The number of likely N-dealkylation sites (tertiary alicyclic amines) is 1. The van der Waals surface area contributed by atoms with Gasteiger partial charge in [-0.3, -0.25) is 9.59 Å². The van der Waals surface area contributed by atoms with Crippen molar-refractivity contribution in [2.45, 2.75) is 33.6 Å². The summed E-state index contributed by atoms with van der Waals surface area (Å²) >= 11 is 3.48. The molecule has 120 valence electrons. The second kappa shape index (κ2) is 7.27. The number of anilines is 1. The van der Waals surface area contributed by atoms with E-state index in [-0.39, 0.29) is 18.4 Å². The first-order chi connectivity index (χ1) is 10.4. The second-order valence-corrected chi connectivity index (χ2v) is 6.98. The Kier molecular flexibility index (Phi) is 5.62. The zero-order valence-electron chi connectivity index (χ0n) is 13.4. The number of nitrogens with zero attached hydrogens (tertiary/aromatic N) is 2. The minimum absolute atomic E-state index is 0.0263. The fourth-order valence-corrected chi connectivity index (χ4v) is 3.15. The molecule has 0 aliphatic carbocycles. The van der Waals surface area contributed by atoms with Gasteiger partial charge in [0.05, 0.1) is 0 Å². The molecule has 1 heterocycles. The van der Waals surface area contributed by atoms with Crippen LogP contribution in [0.3, 0.4) is 0 Å². The maximum Gasteiger partial charge on any atom is 0.242 e. The lowest BCUT2D eigenvalue weighted by molar-refractivity contribution is -0.132. The molecule has 1 unspecified atom stereocenters. The zero-order chi connectivity index (χ0) is 16.3. The van der Waals surface area contributed by atoms with Crippen LogP contribution in [-0.2, 0) is 9.59 Å². The van der Waals surface area contributed by atoms with Gasteiger partial charge in [-0.2, -0.15) is 0 Å². The molecule has 1 aliphatic heterocycles. The highest BCUT2D eigenvalue weighted by Crippen LogP contribution is 2.24.